The normalized spacial score (nSPS) is 10.8. The van der Waals surface area contributed by atoms with Gasteiger partial charge in [-0.25, -0.2) is 0 Å². The van der Waals surface area contributed by atoms with Gasteiger partial charge in [-0.05, 0) is 48.0 Å². The molecule has 2 rings (SSSR count). The molecule has 0 unspecified atom stereocenters. The monoisotopic (exact) mass is 294 g/mol. The molecule has 0 aliphatic rings. The van der Waals surface area contributed by atoms with Gasteiger partial charge < -0.3 is 15.1 Å². The summed E-state index contributed by atoms with van der Waals surface area (Å²) in [5.74, 6) is -0.317. The van der Waals surface area contributed by atoms with Gasteiger partial charge in [0.2, 0.25) is 0 Å². The third kappa shape index (κ3) is 3.44. The molecular formula is C17H14N2O3. The van der Waals surface area contributed by atoms with Crippen LogP contribution in [0.15, 0.2) is 54.1 Å². The minimum atomic E-state index is -0.475. The summed E-state index contributed by atoms with van der Waals surface area (Å²) in [7, 11) is 1.54. The lowest BCUT2D eigenvalue weighted by atomic mass is 10.1. The fraction of sp³-hybridized carbons (Fsp3) is 0.0588. The number of aromatic hydroxyl groups is 2. The molecule has 2 aromatic carbocycles. The number of rotatable bonds is 3. The molecule has 0 saturated carbocycles. The van der Waals surface area contributed by atoms with Gasteiger partial charge in [-0.2, -0.15) is 5.26 Å². The minimum absolute atomic E-state index is 0.0545. The molecule has 0 atom stereocenters. The molecule has 0 aliphatic heterocycles. The lowest BCUT2D eigenvalue weighted by Crippen LogP contribution is -2.27. The molecule has 0 saturated heterocycles. The molecule has 0 heterocycles. The van der Waals surface area contributed by atoms with Crippen molar-refractivity contribution in [1.82, 2.24) is 0 Å². The van der Waals surface area contributed by atoms with Crippen LogP contribution in [0, 0.1) is 11.3 Å². The van der Waals surface area contributed by atoms with Gasteiger partial charge >= 0.3 is 0 Å². The number of nitriles is 1. The molecule has 2 N–H and O–H groups in total. The van der Waals surface area contributed by atoms with E-state index in [4.69, 9.17) is 0 Å². The number of likely N-dealkylation sites (N-methyl/N-ethyl adjacent to an activating group) is 1. The molecule has 5 heteroatoms. The second-order valence-corrected chi connectivity index (χ2v) is 4.65. The molecule has 0 radical (unpaired) electrons. The Morgan fingerprint density at radius 1 is 1.14 bits per heavy atom. The van der Waals surface area contributed by atoms with Crippen LogP contribution in [0.3, 0.4) is 0 Å². The van der Waals surface area contributed by atoms with Crippen molar-refractivity contribution < 1.29 is 15.0 Å². The number of carbonyl (C=O) groups excluding carboxylic acids is 1. The van der Waals surface area contributed by atoms with E-state index in [1.165, 1.54) is 35.2 Å². The van der Waals surface area contributed by atoms with Crippen LogP contribution in [-0.2, 0) is 4.79 Å². The van der Waals surface area contributed by atoms with Crippen LogP contribution in [0.25, 0.3) is 6.08 Å². The number of amides is 1. The largest absolute Gasteiger partial charge is 0.508 e. The van der Waals surface area contributed by atoms with E-state index >= 15 is 0 Å². The molecule has 0 spiro atoms. The van der Waals surface area contributed by atoms with Gasteiger partial charge in [-0.3, -0.25) is 4.79 Å². The molecule has 110 valence electrons. The van der Waals surface area contributed by atoms with Gasteiger partial charge in [-0.1, -0.05) is 12.1 Å². The lowest BCUT2D eigenvalue weighted by molar-refractivity contribution is -0.114. The Balaban J connectivity index is 2.29. The fourth-order valence-corrected chi connectivity index (χ4v) is 1.90. The molecule has 2 aromatic rings. The van der Waals surface area contributed by atoms with Crippen molar-refractivity contribution in [2.75, 3.05) is 11.9 Å². The van der Waals surface area contributed by atoms with Crippen LogP contribution in [0.1, 0.15) is 5.56 Å². The molecule has 0 bridgehead atoms. The van der Waals surface area contributed by atoms with Crippen molar-refractivity contribution in [1.29, 1.82) is 5.26 Å². The number of hydrogen-bond acceptors (Lipinski definition) is 4. The van der Waals surface area contributed by atoms with Gasteiger partial charge in [0.05, 0.1) is 0 Å². The summed E-state index contributed by atoms with van der Waals surface area (Å²) < 4.78 is 0. The maximum absolute atomic E-state index is 12.4. The van der Waals surface area contributed by atoms with Crippen LogP contribution in [0.2, 0.25) is 0 Å². The number of phenolic OH excluding ortho intramolecular Hbond substituents is 2. The first kappa shape index (κ1) is 15.1. The number of carbonyl (C=O) groups is 1. The van der Waals surface area contributed by atoms with Crippen molar-refractivity contribution in [2.45, 2.75) is 0 Å². The zero-order chi connectivity index (χ0) is 16.1. The maximum atomic E-state index is 12.4. The standard InChI is InChI=1S/C17H14N2O3/c1-19(14-5-7-15(20)8-6-14)17(22)13(11-18)9-12-3-2-4-16(21)10-12/h2-10,20-21H,1H3/b13-9+. The first-order valence-corrected chi connectivity index (χ1v) is 6.49. The third-order valence-corrected chi connectivity index (χ3v) is 3.07. The number of phenols is 2. The van der Waals surface area contributed by atoms with Crippen molar-refractivity contribution in [2.24, 2.45) is 0 Å². The molecular weight excluding hydrogens is 280 g/mol. The van der Waals surface area contributed by atoms with Crippen LogP contribution in [0.4, 0.5) is 5.69 Å². The first-order valence-electron chi connectivity index (χ1n) is 6.49. The average Bonchev–Trinajstić information content (AvgIpc) is 2.52. The zero-order valence-corrected chi connectivity index (χ0v) is 11.9. The molecule has 0 aromatic heterocycles. The summed E-state index contributed by atoms with van der Waals surface area (Å²) in [5.41, 5.74) is 1.06. The smallest absolute Gasteiger partial charge is 0.268 e. The van der Waals surface area contributed by atoms with Crippen LogP contribution >= 0.6 is 0 Å². The Morgan fingerprint density at radius 2 is 1.82 bits per heavy atom. The van der Waals surface area contributed by atoms with Gasteiger partial charge in [0.15, 0.2) is 0 Å². The second-order valence-electron chi connectivity index (χ2n) is 4.65. The highest BCUT2D eigenvalue weighted by molar-refractivity contribution is 6.10. The first-order chi connectivity index (χ1) is 10.5. The van der Waals surface area contributed by atoms with E-state index in [1.54, 1.807) is 31.3 Å². The Labute approximate surface area is 128 Å². The summed E-state index contributed by atoms with van der Waals surface area (Å²) >= 11 is 0. The van der Waals surface area contributed by atoms with E-state index in [2.05, 4.69) is 0 Å². The predicted octanol–water partition coefficient (Wildman–Crippen LogP) is 2.67. The highest BCUT2D eigenvalue weighted by Gasteiger charge is 2.16. The van der Waals surface area contributed by atoms with Crippen LogP contribution < -0.4 is 4.90 Å². The quantitative estimate of drug-likeness (QED) is 0.673. The van der Waals surface area contributed by atoms with Crippen LogP contribution in [-0.4, -0.2) is 23.2 Å². The summed E-state index contributed by atoms with van der Waals surface area (Å²) in [4.78, 5) is 13.7. The van der Waals surface area contributed by atoms with E-state index in [1.807, 2.05) is 6.07 Å². The fourth-order valence-electron chi connectivity index (χ4n) is 1.90. The Morgan fingerprint density at radius 3 is 2.41 bits per heavy atom. The van der Waals surface area contributed by atoms with E-state index in [0.717, 1.165) is 0 Å². The van der Waals surface area contributed by atoms with E-state index in [-0.39, 0.29) is 17.1 Å². The van der Waals surface area contributed by atoms with Crippen molar-refractivity contribution in [3.8, 4) is 17.6 Å². The second kappa shape index (κ2) is 6.46. The number of anilines is 1. The summed E-state index contributed by atoms with van der Waals surface area (Å²) in [6, 6.07) is 14.2. The lowest BCUT2D eigenvalue weighted by Gasteiger charge is -2.16. The van der Waals surface area contributed by atoms with Gasteiger partial charge in [0, 0.05) is 12.7 Å². The molecule has 0 aliphatic carbocycles. The third-order valence-electron chi connectivity index (χ3n) is 3.07. The molecule has 5 nitrogen and oxygen atoms in total. The zero-order valence-electron chi connectivity index (χ0n) is 11.9. The Bertz CT molecular complexity index is 758. The van der Waals surface area contributed by atoms with Crippen LogP contribution in [0.5, 0.6) is 11.5 Å². The maximum Gasteiger partial charge on any atom is 0.268 e. The Hall–Kier alpha value is -3.26. The Kier molecular flexibility index (Phi) is 4.44. The molecule has 0 fully saturated rings. The number of hydrogen-bond donors (Lipinski definition) is 2. The molecule has 1 amide bonds. The highest BCUT2D eigenvalue weighted by atomic mass is 16.3. The van der Waals surface area contributed by atoms with Crippen molar-refractivity contribution >= 4 is 17.7 Å². The van der Waals surface area contributed by atoms with E-state index in [0.29, 0.717) is 11.3 Å². The number of nitrogens with zero attached hydrogens (tertiary/aromatic N) is 2. The average molecular weight is 294 g/mol. The van der Waals surface area contributed by atoms with Crippen molar-refractivity contribution in [3.05, 3.63) is 59.7 Å². The summed E-state index contributed by atoms with van der Waals surface area (Å²) in [6.45, 7) is 0. The minimum Gasteiger partial charge on any atom is -0.508 e. The van der Waals surface area contributed by atoms with E-state index < -0.39 is 5.91 Å². The molecule has 22 heavy (non-hydrogen) atoms. The van der Waals surface area contributed by atoms with Crippen molar-refractivity contribution in [3.63, 3.8) is 0 Å². The summed E-state index contributed by atoms with van der Waals surface area (Å²) in [5, 5.41) is 27.9. The highest BCUT2D eigenvalue weighted by Crippen LogP contribution is 2.20. The number of benzene rings is 2. The van der Waals surface area contributed by atoms with Gasteiger partial charge in [0.25, 0.3) is 5.91 Å². The van der Waals surface area contributed by atoms with E-state index in [9.17, 15) is 20.3 Å². The SMILES string of the molecule is CN(C(=O)/C(C#N)=C/c1cccc(O)c1)c1ccc(O)cc1. The predicted molar refractivity (Wildman–Crippen MR) is 83.2 cm³/mol. The summed E-state index contributed by atoms with van der Waals surface area (Å²) in [6.07, 6.45) is 1.42. The van der Waals surface area contributed by atoms with Gasteiger partial charge in [0.1, 0.15) is 23.1 Å². The topological polar surface area (TPSA) is 84.6 Å². The van der Waals surface area contributed by atoms with Gasteiger partial charge in [-0.15, -0.1) is 0 Å².